The summed E-state index contributed by atoms with van der Waals surface area (Å²) >= 11 is 1.70. The molecule has 0 spiro atoms. The molecule has 1 aliphatic rings. The number of hydrogen-bond donors (Lipinski definition) is 0. The van der Waals surface area contributed by atoms with Gasteiger partial charge in [0, 0.05) is 51.8 Å². The monoisotopic (exact) mass is 404 g/mol. The highest BCUT2D eigenvalue weighted by atomic mass is 35.5. The van der Waals surface area contributed by atoms with Gasteiger partial charge in [-0.05, 0) is 24.4 Å². The van der Waals surface area contributed by atoms with E-state index in [9.17, 15) is 0 Å². The molecule has 6 nitrogen and oxygen atoms in total. The highest BCUT2D eigenvalue weighted by molar-refractivity contribution is 7.13. The third kappa shape index (κ3) is 4.15. The van der Waals surface area contributed by atoms with Crippen LogP contribution in [0.1, 0.15) is 13.3 Å². The van der Waals surface area contributed by atoms with E-state index in [0.717, 1.165) is 54.1 Å². The van der Waals surface area contributed by atoms with Crippen molar-refractivity contribution >= 4 is 29.7 Å². The molecular formula is C19H25ClN6S. The third-order valence-corrected chi connectivity index (χ3v) is 5.66. The molecule has 144 valence electrons. The van der Waals surface area contributed by atoms with Crippen molar-refractivity contribution in [3.63, 3.8) is 0 Å². The molecule has 0 N–H and O–H groups in total. The van der Waals surface area contributed by atoms with Crippen molar-refractivity contribution in [3.8, 4) is 22.0 Å². The summed E-state index contributed by atoms with van der Waals surface area (Å²) in [5.74, 6) is 1.72. The number of aryl methyl sites for hydroxylation is 1. The van der Waals surface area contributed by atoms with E-state index in [0.29, 0.717) is 0 Å². The fourth-order valence-electron chi connectivity index (χ4n) is 3.40. The minimum absolute atomic E-state index is 0. The number of imidazole rings is 1. The Morgan fingerprint density at radius 2 is 1.96 bits per heavy atom. The van der Waals surface area contributed by atoms with E-state index in [-0.39, 0.29) is 12.4 Å². The number of rotatable bonds is 5. The zero-order valence-corrected chi connectivity index (χ0v) is 17.3. The average molecular weight is 405 g/mol. The zero-order valence-electron chi connectivity index (χ0n) is 15.7. The summed E-state index contributed by atoms with van der Waals surface area (Å²) in [6, 6.07) is 4.18. The maximum absolute atomic E-state index is 4.96. The molecule has 1 fully saturated rings. The molecule has 4 heterocycles. The highest BCUT2D eigenvalue weighted by Crippen LogP contribution is 2.33. The molecular weight excluding hydrogens is 380 g/mol. The average Bonchev–Trinajstić information content (AvgIpc) is 3.34. The summed E-state index contributed by atoms with van der Waals surface area (Å²) in [6.45, 7) is 7.52. The Bertz CT molecular complexity index is 855. The number of anilines is 1. The lowest BCUT2D eigenvalue weighted by Crippen LogP contribution is -2.47. The molecule has 0 aromatic carbocycles. The summed E-state index contributed by atoms with van der Waals surface area (Å²) in [5, 5.41) is 2.09. The summed E-state index contributed by atoms with van der Waals surface area (Å²) in [6.07, 6.45) is 6.90. The second-order valence-corrected chi connectivity index (χ2v) is 7.55. The van der Waals surface area contributed by atoms with Gasteiger partial charge in [-0.25, -0.2) is 15.0 Å². The first-order valence-corrected chi connectivity index (χ1v) is 10.00. The van der Waals surface area contributed by atoms with Crippen molar-refractivity contribution in [2.24, 2.45) is 7.05 Å². The maximum atomic E-state index is 4.96. The molecule has 3 aromatic rings. The molecule has 27 heavy (non-hydrogen) atoms. The van der Waals surface area contributed by atoms with E-state index >= 15 is 0 Å². The Morgan fingerprint density at radius 3 is 2.59 bits per heavy atom. The highest BCUT2D eigenvalue weighted by Gasteiger charge is 2.21. The molecule has 4 rings (SSSR count). The van der Waals surface area contributed by atoms with Gasteiger partial charge in [0.15, 0.2) is 0 Å². The van der Waals surface area contributed by atoms with Crippen LogP contribution in [-0.2, 0) is 7.05 Å². The Kier molecular flexibility index (Phi) is 6.46. The van der Waals surface area contributed by atoms with Crippen LogP contribution in [0.4, 0.5) is 5.95 Å². The minimum Gasteiger partial charge on any atom is -0.338 e. The molecule has 0 atom stereocenters. The van der Waals surface area contributed by atoms with E-state index in [4.69, 9.17) is 4.98 Å². The first-order valence-electron chi connectivity index (χ1n) is 9.12. The number of thiophene rings is 1. The third-order valence-electron chi connectivity index (χ3n) is 4.79. The van der Waals surface area contributed by atoms with Gasteiger partial charge in [0.1, 0.15) is 5.82 Å². The number of nitrogens with zero attached hydrogens (tertiary/aromatic N) is 6. The molecule has 0 amide bonds. The molecule has 0 unspecified atom stereocenters. The smallest absolute Gasteiger partial charge is 0.226 e. The summed E-state index contributed by atoms with van der Waals surface area (Å²) in [5.41, 5.74) is 1.95. The first kappa shape index (κ1) is 19.8. The van der Waals surface area contributed by atoms with Crippen molar-refractivity contribution in [2.45, 2.75) is 13.3 Å². The van der Waals surface area contributed by atoms with E-state index < -0.39 is 0 Å². The van der Waals surface area contributed by atoms with Crippen LogP contribution >= 0.6 is 23.7 Å². The van der Waals surface area contributed by atoms with Gasteiger partial charge < -0.3 is 9.47 Å². The Morgan fingerprint density at radius 1 is 1.15 bits per heavy atom. The fraction of sp³-hybridized carbons (Fsp3) is 0.421. The van der Waals surface area contributed by atoms with Crippen LogP contribution in [-0.4, -0.2) is 57.1 Å². The molecule has 3 aromatic heterocycles. The number of piperazine rings is 1. The summed E-state index contributed by atoms with van der Waals surface area (Å²) in [4.78, 5) is 20.1. The van der Waals surface area contributed by atoms with E-state index in [1.54, 1.807) is 11.3 Å². The van der Waals surface area contributed by atoms with Gasteiger partial charge in [0.2, 0.25) is 5.95 Å². The van der Waals surface area contributed by atoms with Crippen LogP contribution in [0.15, 0.2) is 36.1 Å². The number of hydrogen-bond acceptors (Lipinski definition) is 6. The normalized spacial score (nSPS) is 15.0. The second-order valence-electron chi connectivity index (χ2n) is 6.60. The van der Waals surface area contributed by atoms with E-state index in [1.165, 1.54) is 13.0 Å². The number of halogens is 1. The molecule has 1 saturated heterocycles. The Hall–Kier alpha value is -1.96. The number of aromatic nitrogens is 4. The predicted octanol–water partition coefficient (Wildman–Crippen LogP) is 3.56. The molecule has 0 radical (unpaired) electrons. The maximum Gasteiger partial charge on any atom is 0.226 e. The second kappa shape index (κ2) is 8.82. The SMILES string of the molecule is CCCN1CCN(c2ncc(-c3nccn3C)c(-c3cccs3)n2)CC1.Cl. The quantitative estimate of drug-likeness (QED) is 0.650. The summed E-state index contributed by atoms with van der Waals surface area (Å²) < 4.78 is 2.01. The lowest BCUT2D eigenvalue weighted by molar-refractivity contribution is 0.257. The van der Waals surface area contributed by atoms with Gasteiger partial charge in [-0.3, -0.25) is 4.90 Å². The van der Waals surface area contributed by atoms with Gasteiger partial charge in [-0.1, -0.05) is 13.0 Å². The van der Waals surface area contributed by atoms with Crippen LogP contribution < -0.4 is 4.90 Å². The minimum atomic E-state index is 0. The van der Waals surface area contributed by atoms with Crippen LogP contribution in [0, 0.1) is 0 Å². The fourth-order valence-corrected chi connectivity index (χ4v) is 4.13. The lowest BCUT2D eigenvalue weighted by atomic mass is 10.2. The van der Waals surface area contributed by atoms with Crippen LogP contribution in [0.3, 0.4) is 0 Å². The molecule has 1 aliphatic heterocycles. The molecule has 0 aliphatic carbocycles. The predicted molar refractivity (Wildman–Crippen MR) is 114 cm³/mol. The Labute approximate surface area is 170 Å². The van der Waals surface area contributed by atoms with Crippen LogP contribution in [0.2, 0.25) is 0 Å². The van der Waals surface area contributed by atoms with Gasteiger partial charge in [-0.15, -0.1) is 23.7 Å². The van der Waals surface area contributed by atoms with Crippen LogP contribution in [0.25, 0.3) is 22.0 Å². The molecule has 0 bridgehead atoms. The summed E-state index contributed by atoms with van der Waals surface area (Å²) in [7, 11) is 2.00. The van der Waals surface area contributed by atoms with E-state index in [1.807, 2.05) is 30.2 Å². The Balaban J connectivity index is 0.00000210. The largest absolute Gasteiger partial charge is 0.338 e. The van der Waals surface area contributed by atoms with Crippen molar-refractivity contribution in [1.29, 1.82) is 0 Å². The van der Waals surface area contributed by atoms with Crippen molar-refractivity contribution in [1.82, 2.24) is 24.4 Å². The lowest BCUT2D eigenvalue weighted by Gasteiger charge is -2.34. The van der Waals surface area contributed by atoms with Crippen LogP contribution in [0.5, 0.6) is 0 Å². The standard InChI is InChI=1S/C19H24N6S.ClH/c1-3-7-24-9-11-25(12-10-24)19-21-14-15(18-20-6-8-23(18)2)17(22-19)16-5-4-13-26-16;/h4-6,8,13-14H,3,7,9-12H2,1-2H3;1H. The topological polar surface area (TPSA) is 50.1 Å². The van der Waals surface area contributed by atoms with Gasteiger partial charge in [0.25, 0.3) is 0 Å². The molecule has 0 saturated carbocycles. The van der Waals surface area contributed by atoms with Crippen molar-refractivity contribution in [2.75, 3.05) is 37.6 Å². The van der Waals surface area contributed by atoms with Gasteiger partial charge in [0.05, 0.1) is 16.1 Å². The first-order chi connectivity index (χ1) is 12.8. The van der Waals surface area contributed by atoms with Gasteiger partial charge in [-0.2, -0.15) is 0 Å². The molecule has 8 heteroatoms. The van der Waals surface area contributed by atoms with Crippen molar-refractivity contribution < 1.29 is 0 Å². The van der Waals surface area contributed by atoms with Gasteiger partial charge >= 0.3 is 0 Å². The van der Waals surface area contributed by atoms with Crippen molar-refractivity contribution in [3.05, 3.63) is 36.1 Å². The van der Waals surface area contributed by atoms with E-state index in [2.05, 4.69) is 44.2 Å². The zero-order chi connectivity index (χ0) is 17.9.